The number of benzene rings is 2. The van der Waals surface area contributed by atoms with Crippen LogP contribution in [0.5, 0.6) is 23.0 Å². The van der Waals surface area contributed by atoms with Crippen LogP contribution in [0.3, 0.4) is 0 Å². The highest BCUT2D eigenvalue weighted by Crippen LogP contribution is 2.42. The van der Waals surface area contributed by atoms with Gasteiger partial charge in [0.05, 0.1) is 13.7 Å². The Hall–Kier alpha value is -2.36. The molecule has 0 fully saturated rings. The molecule has 108 valence electrons. The Morgan fingerprint density at radius 3 is 2.48 bits per heavy atom. The number of methoxy groups -OCH3 is 1. The molecule has 0 aromatic heterocycles. The largest absolute Gasteiger partial charge is 0.497 e. The average molecular weight is 284 g/mol. The molecule has 2 aliphatic heterocycles. The van der Waals surface area contributed by atoms with E-state index in [9.17, 15) is 0 Å². The maximum absolute atomic E-state index is 5.91. The second-order valence-corrected chi connectivity index (χ2v) is 5.30. The first-order valence-corrected chi connectivity index (χ1v) is 7.03. The number of fused-ring (bicyclic) bond motifs is 2. The molecule has 2 aromatic carbocycles. The third kappa shape index (κ3) is 2.17. The predicted octanol–water partition coefficient (Wildman–Crippen LogP) is 3.14. The summed E-state index contributed by atoms with van der Waals surface area (Å²) >= 11 is 0. The summed E-state index contributed by atoms with van der Waals surface area (Å²) in [6.45, 7) is 0.971. The van der Waals surface area contributed by atoms with E-state index in [1.807, 2.05) is 24.3 Å². The Balaban J connectivity index is 1.60. The molecular weight excluding hydrogens is 268 g/mol. The van der Waals surface area contributed by atoms with Crippen molar-refractivity contribution in [2.24, 2.45) is 0 Å². The molecule has 0 unspecified atom stereocenters. The molecule has 0 saturated carbocycles. The van der Waals surface area contributed by atoms with Gasteiger partial charge in [0, 0.05) is 12.0 Å². The molecule has 0 aliphatic carbocycles. The molecular formula is C17H16O4. The second-order valence-electron chi connectivity index (χ2n) is 5.30. The van der Waals surface area contributed by atoms with Crippen LogP contribution < -0.4 is 18.9 Å². The summed E-state index contributed by atoms with van der Waals surface area (Å²) in [5.74, 6) is 3.72. The van der Waals surface area contributed by atoms with E-state index in [0.29, 0.717) is 19.3 Å². The second kappa shape index (κ2) is 4.88. The van der Waals surface area contributed by atoms with E-state index in [4.69, 9.17) is 18.9 Å². The van der Waals surface area contributed by atoms with Gasteiger partial charge in [-0.25, -0.2) is 0 Å². The van der Waals surface area contributed by atoms with Gasteiger partial charge in [-0.1, -0.05) is 12.1 Å². The summed E-state index contributed by atoms with van der Waals surface area (Å²) in [5.41, 5.74) is 2.44. The zero-order valence-electron chi connectivity index (χ0n) is 11.8. The molecule has 2 aliphatic rings. The topological polar surface area (TPSA) is 36.9 Å². The standard InChI is InChI=1S/C17H16O4/c1-18-14-4-2-11(3-5-14)13-6-12-7-16-17(21-10-20-16)8-15(12)19-9-13/h2-5,7-8,13H,6,9-10H2,1H3/t13-/m1/s1. The molecule has 4 heteroatoms. The van der Waals surface area contributed by atoms with Crippen molar-refractivity contribution < 1.29 is 18.9 Å². The maximum Gasteiger partial charge on any atom is 0.231 e. The van der Waals surface area contributed by atoms with Gasteiger partial charge < -0.3 is 18.9 Å². The molecule has 0 N–H and O–H groups in total. The first kappa shape index (κ1) is 12.4. The van der Waals surface area contributed by atoms with Gasteiger partial charge in [0.25, 0.3) is 0 Å². The predicted molar refractivity (Wildman–Crippen MR) is 77.5 cm³/mol. The van der Waals surface area contributed by atoms with Crippen molar-refractivity contribution in [3.8, 4) is 23.0 Å². The molecule has 2 heterocycles. The van der Waals surface area contributed by atoms with Gasteiger partial charge in [-0.05, 0) is 35.7 Å². The summed E-state index contributed by atoms with van der Waals surface area (Å²) in [4.78, 5) is 0. The zero-order valence-corrected chi connectivity index (χ0v) is 11.8. The molecule has 4 nitrogen and oxygen atoms in total. The number of hydrogen-bond acceptors (Lipinski definition) is 4. The van der Waals surface area contributed by atoms with E-state index in [1.165, 1.54) is 11.1 Å². The number of rotatable bonds is 2. The Morgan fingerprint density at radius 1 is 0.952 bits per heavy atom. The van der Waals surface area contributed by atoms with E-state index >= 15 is 0 Å². The van der Waals surface area contributed by atoms with E-state index in [-0.39, 0.29) is 0 Å². The first-order valence-electron chi connectivity index (χ1n) is 7.03. The summed E-state index contributed by atoms with van der Waals surface area (Å²) in [6, 6.07) is 12.2. The molecule has 0 bridgehead atoms. The van der Waals surface area contributed by atoms with Crippen LogP contribution in [0.25, 0.3) is 0 Å². The Bertz CT molecular complexity index is 663. The maximum atomic E-state index is 5.91. The van der Waals surface area contributed by atoms with E-state index in [2.05, 4.69) is 12.1 Å². The highest BCUT2D eigenvalue weighted by Gasteiger charge is 2.25. The summed E-state index contributed by atoms with van der Waals surface area (Å²) < 4.78 is 21.9. The fourth-order valence-electron chi connectivity index (χ4n) is 2.86. The van der Waals surface area contributed by atoms with E-state index in [1.54, 1.807) is 7.11 Å². The van der Waals surface area contributed by atoms with Crippen molar-refractivity contribution >= 4 is 0 Å². The van der Waals surface area contributed by atoms with E-state index in [0.717, 1.165) is 29.4 Å². The van der Waals surface area contributed by atoms with Gasteiger partial charge in [-0.3, -0.25) is 0 Å². The van der Waals surface area contributed by atoms with Gasteiger partial charge in [-0.15, -0.1) is 0 Å². The van der Waals surface area contributed by atoms with Crippen molar-refractivity contribution in [1.82, 2.24) is 0 Å². The molecule has 0 saturated heterocycles. The van der Waals surface area contributed by atoms with Crippen LogP contribution in [0.2, 0.25) is 0 Å². The minimum atomic E-state index is 0.292. The molecule has 0 spiro atoms. The van der Waals surface area contributed by atoms with Gasteiger partial charge in [0.15, 0.2) is 11.5 Å². The summed E-state index contributed by atoms with van der Waals surface area (Å²) in [7, 11) is 1.68. The van der Waals surface area contributed by atoms with Crippen LogP contribution in [0, 0.1) is 0 Å². The Labute approximate surface area is 123 Å². The minimum Gasteiger partial charge on any atom is -0.497 e. The highest BCUT2D eigenvalue weighted by atomic mass is 16.7. The summed E-state index contributed by atoms with van der Waals surface area (Å²) in [5, 5.41) is 0. The third-order valence-corrected chi connectivity index (χ3v) is 4.05. The quantitative estimate of drug-likeness (QED) is 0.849. The van der Waals surface area contributed by atoms with Gasteiger partial charge in [-0.2, -0.15) is 0 Å². The molecule has 1 atom stereocenters. The average Bonchev–Trinajstić information content (AvgIpc) is 2.99. The van der Waals surface area contributed by atoms with Crippen LogP contribution in [0.4, 0.5) is 0 Å². The Kier molecular flexibility index (Phi) is 2.88. The van der Waals surface area contributed by atoms with Gasteiger partial charge in [0.2, 0.25) is 6.79 Å². The van der Waals surface area contributed by atoms with Crippen molar-refractivity contribution in [1.29, 1.82) is 0 Å². The number of ether oxygens (including phenoxy) is 4. The molecule has 2 aromatic rings. The molecule has 21 heavy (non-hydrogen) atoms. The SMILES string of the molecule is COc1ccc([C@H]2COc3cc4c(cc3C2)OCO4)cc1. The lowest BCUT2D eigenvalue weighted by atomic mass is 9.90. The van der Waals surface area contributed by atoms with Gasteiger partial charge >= 0.3 is 0 Å². The van der Waals surface area contributed by atoms with Gasteiger partial charge in [0.1, 0.15) is 11.5 Å². The summed E-state index contributed by atoms with van der Waals surface area (Å²) in [6.07, 6.45) is 0.943. The van der Waals surface area contributed by atoms with Crippen LogP contribution in [0.1, 0.15) is 17.0 Å². The Morgan fingerprint density at radius 2 is 1.71 bits per heavy atom. The fraction of sp³-hybridized carbons (Fsp3) is 0.294. The third-order valence-electron chi connectivity index (χ3n) is 4.05. The van der Waals surface area contributed by atoms with Crippen LogP contribution in [0.15, 0.2) is 36.4 Å². The lowest BCUT2D eigenvalue weighted by molar-refractivity contribution is 0.174. The molecule has 4 rings (SSSR count). The normalized spacial score (nSPS) is 18.8. The lowest BCUT2D eigenvalue weighted by Gasteiger charge is -2.26. The van der Waals surface area contributed by atoms with Crippen molar-refractivity contribution in [2.45, 2.75) is 12.3 Å². The smallest absolute Gasteiger partial charge is 0.231 e. The van der Waals surface area contributed by atoms with Crippen molar-refractivity contribution in [3.05, 3.63) is 47.5 Å². The first-order chi connectivity index (χ1) is 10.3. The highest BCUT2D eigenvalue weighted by molar-refractivity contribution is 5.53. The molecule has 0 amide bonds. The lowest BCUT2D eigenvalue weighted by Crippen LogP contribution is -2.19. The van der Waals surface area contributed by atoms with Crippen LogP contribution in [-0.4, -0.2) is 20.5 Å². The van der Waals surface area contributed by atoms with Crippen molar-refractivity contribution in [2.75, 3.05) is 20.5 Å². The van der Waals surface area contributed by atoms with E-state index < -0.39 is 0 Å². The van der Waals surface area contributed by atoms with Crippen LogP contribution in [-0.2, 0) is 6.42 Å². The molecule has 0 radical (unpaired) electrons. The fourth-order valence-corrected chi connectivity index (χ4v) is 2.86. The van der Waals surface area contributed by atoms with Crippen LogP contribution >= 0.6 is 0 Å². The monoisotopic (exact) mass is 284 g/mol. The zero-order chi connectivity index (χ0) is 14.2. The minimum absolute atomic E-state index is 0.292. The van der Waals surface area contributed by atoms with Crippen molar-refractivity contribution in [3.63, 3.8) is 0 Å². The number of hydrogen-bond donors (Lipinski definition) is 0.